The number of rotatable bonds is 4. The Hall–Kier alpha value is -2.31. The van der Waals surface area contributed by atoms with Gasteiger partial charge in [0.25, 0.3) is 6.43 Å². The van der Waals surface area contributed by atoms with Gasteiger partial charge in [0.15, 0.2) is 5.82 Å². The Morgan fingerprint density at radius 2 is 2.14 bits per heavy atom. The van der Waals surface area contributed by atoms with E-state index in [9.17, 15) is 13.6 Å². The van der Waals surface area contributed by atoms with Crippen molar-refractivity contribution in [1.29, 1.82) is 0 Å². The Balaban J connectivity index is 1.83. The van der Waals surface area contributed by atoms with E-state index in [0.717, 1.165) is 12.8 Å². The fraction of sp³-hybridized carbons (Fsp3) is 0.400. The molecule has 0 radical (unpaired) electrons. The highest BCUT2D eigenvalue weighted by molar-refractivity contribution is 5.89. The first-order valence-electron chi connectivity index (χ1n) is 7.21. The number of carbonyl (C=O) groups excluding carboxylic acids is 1. The highest BCUT2D eigenvalue weighted by Crippen LogP contribution is 2.24. The fourth-order valence-corrected chi connectivity index (χ4v) is 2.58. The maximum Gasteiger partial charge on any atom is 0.297 e. The molecule has 1 aromatic carbocycles. The van der Waals surface area contributed by atoms with Gasteiger partial charge in [-0.1, -0.05) is 12.1 Å². The summed E-state index contributed by atoms with van der Waals surface area (Å²) in [6.45, 7) is 0.454. The number of aromatic nitrogens is 2. The summed E-state index contributed by atoms with van der Waals surface area (Å²) in [6, 6.07) is 7.00. The van der Waals surface area contributed by atoms with Gasteiger partial charge in [-0.15, -0.1) is 0 Å². The molecule has 2 heterocycles. The van der Waals surface area contributed by atoms with Gasteiger partial charge in [-0.25, -0.2) is 18.7 Å². The summed E-state index contributed by atoms with van der Waals surface area (Å²) < 4.78 is 25.8. The molecule has 1 atom stereocenters. The second-order valence-corrected chi connectivity index (χ2v) is 5.29. The van der Waals surface area contributed by atoms with Crippen LogP contribution in [0.15, 0.2) is 24.3 Å². The first-order valence-corrected chi connectivity index (χ1v) is 7.21. The van der Waals surface area contributed by atoms with Gasteiger partial charge in [-0.2, -0.15) is 0 Å². The zero-order valence-corrected chi connectivity index (χ0v) is 11.9. The molecule has 1 aliphatic rings. The highest BCUT2D eigenvalue weighted by atomic mass is 19.3. The largest absolute Gasteiger partial charge is 0.367 e. The number of halogens is 2. The number of hydrogen-bond acceptors (Lipinski definition) is 4. The molecule has 116 valence electrons. The van der Waals surface area contributed by atoms with E-state index >= 15 is 0 Å². The number of carbonyl (C=O) groups is 1. The van der Waals surface area contributed by atoms with Gasteiger partial charge < -0.3 is 10.6 Å². The van der Waals surface area contributed by atoms with Gasteiger partial charge in [0, 0.05) is 24.4 Å². The molecule has 1 amide bonds. The third kappa shape index (κ3) is 3.13. The molecule has 22 heavy (non-hydrogen) atoms. The summed E-state index contributed by atoms with van der Waals surface area (Å²) in [5.41, 5.74) is 0.475. The Morgan fingerprint density at radius 1 is 1.32 bits per heavy atom. The van der Waals surface area contributed by atoms with Crippen molar-refractivity contribution in [1.82, 2.24) is 15.3 Å². The average Bonchev–Trinajstić information content (AvgIpc) is 2.52. The number of para-hydroxylation sites is 1. The Kier molecular flexibility index (Phi) is 4.13. The fourth-order valence-electron chi connectivity index (χ4n) is 2.58. The van der Waals surface area contributed by atoms with Crippen LogP contribution in [-0.2, 0) is 4.79 Å². The second kappa shape index (κ2) is 6.21. The van der Waals surface area contributed by atoms with E-state index in [1.54, 1.807) is 24.3 Å². The predicted molar refractivity (Wildman–Crippen MR) is 78.8 cm³/mol. The minimum absolute atomic E-state index is 0.00928. The van der Waals surface area contributed by atoms with E-state index in [0.29, 0.717) is 29.7 Å². The van der Waals surface area contributed by atoms with E-state index in [-0.39, 0.29) is 11.9 Å². The SMILES string of the molecule is O=C1CCC[C@H](CNc2nc(C(F)F)nc3ccccc23)N1. The molecular weight excluding hydrogens is 290 g/mol. The van der Waals surface area contributed by atoms with Crippen LogP contribution in [-0.4, -0.2) is 28.5 Å². The lowest BCUT2D eigenvalue weighted by atomic mass is 10.0. The molecule has 0 spiro atoms. The zero-order valence-electron chi connectivity index (χ0n) is 11.9. The monoisotopic (exact) mass is 306 g/mol. The van der Waals surface area contributed by atoms with Crippen LogP contribution in [0.2, 0.25) is 0 Å². The quantitative estimate of drug-likeness (QED) is 0.911. The second-order valence-electron chi connectivity index (χ2n) is 5.29. The first-order chi connectivity index (χ1) is 10.6. The summed E-state index contributed by atoms with van der Waals surface area (Å²) in [6.07, 6.45) is -0.476. The molecule has 0 saturated carbocycles. The zero-order chi connectivity index (χ0) is 15.5. The van der Waals surface area contributed by atoms with Crippen LogP contribution < -0.4 is 10.6 Å². The van der Waals surface area contributed by atoms with Crippen molar-refractivity contribution in [3.05, 3.63) is 30.1 Å². The van der Waals surface area contributed by atoms with Crippen LogP contribution >= 0.6 is 0 Å². The van der Waals surface area contributed by atoms with Crippen molar-refractivity contribution >= 4 is 22.6 Å². The van der Waals surface area contributed by atoms with Gasteiger partial charge in [0.1, 0.15) is 5.82 Å². The van der Waals surface area contributed by atoms with Crippen molar-refractivity contribution < 1.29 is 13.6 Å². The van der Waals surface area contributed by atoms with Crippen LogP contribution in [0.25, 0.3) is 10.9 Å². The Labute approximate surface area is 126 Å². The molecule has 0 aliphatic carbocycles. The molecule has 7 heteroatoms. The first kappa shape index (κ1) is 14.6. The van der Waals surface area contributed by atoms with Crippen molar-refractivity contribution in [2.24, 2.45) is 0 Å². The third-order valence-corrected chi connectivity index (χ3v) is 3.65. The summed E-state index contributed by atoms with van der Waals surface area (Å²) in [4.78, 5) is 19.2. The molecule has 2 aromatic rings. The number of fused-ring (bicyclic) bond motifs is 1. The van der Waals surface area contributed by atoms with Crippen molar-refractivity contribution in [2.75, 3.05) is 11.9 Å². The average molecular weight is 306 g/mol. The summed E-state index contributed by atoms with van der Waals surface area (Å²) in [7, 11) is 0. The van der Waals surface area contributed by atoms with Crippen LogP contribution in [0.5, 0.6) is 0 Å². The number of alkyl halides is 2. The number of hydrogen-bond donors (Lipinski definition) is 2. The third-order valence-electron chi connectivity index (χ3n) is 3.65. The maximum atomic E-state index is 12.9. The van der Waals surface area contributed by atoms with Gasteiger partial charge in [0.05, 0.1) is 5.52 Å². The molecular formula is C15H16F2N4O. The lowest BCUT2D eigenvalue weighted by Gasteiger charge is -2.24. The van der Waals surface area contributed by atoms with Gasteiger partial charge >= 0.3 is 0 Å². The van der Waals surface area contributed by atoms with Gasteiger partial charge in [0.2, 0.25) is 5.91 Å². The van der Waals surface area contributed by atoms with E-state index < -0.39 is 12.2 Å². The van der Waals surface area contributed by atoms with E-state index in [2.05, 4.69) is 20.6 Å². The Morgan fingerprint density at radius 3 is 2.91 bits per heavy atom. The van der Waals surface area contributed by atoms with Crippen LogP contribution in [0, 0.1) is 0 Å². The number of nitrogens with one attached hydrogen (secondary N) is 2. The number of benzene rings is 1. The predicted octanol–water partition coefficient (Wildman–Crippen LogP) is 2.65. The molecule has 0 bridgehead atoms. The Bertz CT molecular complexity index is 692. The lowest BCUT2D eigenvalue weighted by molar-refractivity contribution is -0.123. The number of nitrogens with zero attached hydrogens (tertiary/aromatic N) is 2. The lowest BCUT2D eigenvalue weighted by Crippen LogP contribution is -2.42. The summed E-state index contributed by atoms with van der Waals surface area (Å²) >= 11 is 0. The molecule has 1 aromatic heterocycles. The normalized spacial score (nSPS) is 18.5. The van der Waals surface area contributed by atoms with Gasteiger partial charge in [-0.05, 0) is 25.0 Å². The molecule has 1 aliphatic heterocycles. The molecule has 1 fully saturated rings. The van der Waals surface area contributed by atoms with E-state index in [4.69, 9.17) is 0 Å². The standard InChI is InChI=1S/C15H16F2N4O/c16-13(17)15-20-11-6-2-1-5-10(11)14(21-15)18-8-9-4-3-7-12(22)19-9/h1-2,5-6,9,13H,3-4,7-8H2,(H,19,22)(H,18,20,21)/t9-/m1/s1. The van der Waals surface area contributed by atoms with E-state index in [1.807, 2.05) is 0 Å². The molecule has 2 N–H and O–H groups in total. The van der Waals surface area contributed by atoms with Crippen LogP contribution in [0.1, 0.15) is 31.5 Å². The van der Waals surface area contributed by atoms with Crippen molar-refractivity contribution in [2.45, 2.75) is 31.7 Å². The number of piperidine rings is 1. The minimum Gasteiger partial charge on any atom is -0.367 e. The van der Waals surface area contributed by atoms with Gasteiger partial charge in [-0.3, -0.25) is 4.79 Å². The number of amides is 1. The summed E-state index contributed by atoms with van der Waals surface area (Å²) in [5.74, 6) is -0.0894. The molecule has 1 saturated heterocycles. The highest BCUT2D eigenvalue weighted by Gasteiger charge is 2.19. The summed E-state index contributed by atoms with van der Waals surface area (Å²) in [5, 5.41) is 6.64. The minimum atomic E-state index is -2.72. The number of anilines is 1. The van der Waals surface area contributed by atoms with Crippen LogP contribution in [0.4, 0.5) is 14.6 Å². The maximum absolute atomic E-state index is 12.9. The van der Waals surface area contributed by atoms with Crippen molar-refractivity contribution in [3.63, 3.8) is 0 Å². The topological polar surface area (TPSA) is 66.9 Å². The van der Waals surface area contributed by atoms with E-state index in [1.165, 1.54) is 0 Å². The van der Waals surface area contributed by atoms with Crippen molar-refractivity contribution in [3.8, 4) is 0 Å². The van der Waals surface area contributed by atoms with Crippen LogP contribution in [0.3, 0.4) is 0 Å². The molecule has 0 unspecified atom stereocenters. The molecule has 5 nitrogen and oxygen atoms in total. The smallest absolute Gasteiger partial charge is 0.297 e. The molecule has 3 rings (SSSR count).